The number of hydrogen-bond acceptors (Lipinski definition) is 4. The summed E-state index contributed by atoms with van der Waals surface area (Å²) in [4.78, 5) is 16.7. The monoisotopic (exact) mass is 399 g/mol. The third-order valence-electron chi connectivity index (χ3n) is 4.71. The van der Waals surface area contributed by atoms with Crippen LogP contribution in [0.4, 0.5) is 10.2 Å². The van der Waals surface area contributed by atoms with Crippen LogP contribution in [0.2, 0.25) is 5.02 Å². The molecule has 0 spiro atoms. The minimum absolute atomic E-state index is 0. The maximum Gasteiger partial charge on any atom is 0.163 e. The molecule has 0 bridgehead atoms. The Kier molecular flexibility index (Phi) is 4.96. The second-order valence-electron chi connectivity index (χ2n) is 6.59. The molecule has 0 aliphatic rings. The number of benzene rings is 1. The van der Waals surface area contributed by atoms with Gasteiger partial charge in [-0.05, 0) is 37.1 Å². The third kappa shape index (κ3) is 3.55. The van der Waals surface area contributed by atoms with Crippen molar-refractivity contribution in [2.24, 2.45) is 0 Å². The van der Waals surface area contributed by atoms with Gasteiger partial charge in [-0.1, -0.05) is 30.7 Å². The van der Waals surface area contributed by atoms with E-state index in [0.717, 1.165) is 40.0 Å². The average Bonchev–Trinajstić information content (AvgIpc) is 3.11. The SMILES string of the molecule is CCc1cnc(-c2c[nH]c3ncc(Cl)cc23)nc1N[C@@H](C)c1ccc(F)cc1.[HH].[HH]. The second kappa shape index (κ2) is 7.56. The number of aromatic amines is 1. The molecule has 0 unspecified atom stereocenters. The van der Waals surface area contributed by atoms with E-state index >= 15 is 0 Å². The summed E-state index contributed by atoms with van der Waals surface area (Å²) in [5, 5.41) is 4.86. The van der Waals surface area contributed by atoms with E-state index in [1.54, 1.807) is 18.3 Å². The number of halogens is 2. The zero-order valence-electron chi connectivity index (χ0n) is 15.5. The fourth-order valence-electron chi connectivity index (χ4n) is 3.12. The maximum absolute atomic E-state index is 13.2. The number of anilines is 1. The minimum atomic E-state index is -0.249. The van der Waals surface area contributed by atoms with E-state index in [2.05, 4.69) is 27.2 Å². The first-order valence-electron chi connectivity index (χ1n) is 9.06. The van der Waals surface area contributed by atoms with Crippen LogP contribution in [-0.4, -0.2) is 19.9 Å². The van der Waals surface area contributed by atoms with E-state index in [9.17, 15) is 4.39 Å². The molecule has 0 amide bonds. The van der Waals surface area contributed by atoms with Crippen LogP contribution in [0, 0.1) is 5.82 Å². The molecule has 4 rings (SSSR count). The number of pyridine rings is 1. The van der Waals surface area contributed by atoms with Gasteiger partial charge in [0.25, 0.3) is 0 Å². The topological polar surface area (TPSA) is 66.5 Å². The van der Waals surface area contributed by atoms with Crippen molar-refractivity contribution in [1.29, 1.82) is 0 Å². The first-order chi connectivity index (χ1) is 13.5. The van der Waals surface area contributed by atoms with Crippen LogP contribution in [-0.2, 0) is 6.42 Å². The van der Waals surface area contributed by atoms with Gasteiger partial charge >= 0.3 is 0 Å². The Morgan fingerprint density at radius 2 is 2.00 bits per heavy atom. The van der Waals surface area contributed by atoms with Crippen LogP contribution in [0.3, 0.4) is 0 Å². The predicted molar refractivity (Wildman–Crippen MR) is 114 cm³/mol. The molecule has 2 N–H and O–H groups in total. The van der Waals surface area contributed by atoms with Crippen LogP contribution in [0.25, 0.3) is 22.4 Å². The lowest BCUT2D eigenvalue weighted by molar-refractivity contribution is 0.626. The molecule has 0 radical (unpaired) electrons. The van der Waals surface area contributed by atoms with E-state index in [0.29, 0.717) is 10.8 Å². The summed E-state index contributed by atoms with van der Waals surface area (Å²) in [5.41, 5.74) is 3.56. The minimum Gasteiger partial charge on any atom is -0.363 e. The largest absolute Gasteiger partial charge is 0.363 e. The van der Waals surface area contributed by atoms with Gasteiger partial charge < -0.3 is 10.3 Å². The molecule has 7 heteroatoms. The lowest BCUT2D eigenvalue weighted by atomic mass is 10.1. The van der Waals surface area contributed by atoms with Gasteiger partial charge in [0.15, 0.2) is 5.82 Å². The van der Waals surface area contributed by atoms with Crippen molar-refractivity contribution in [2.75, 3.05) is 5.32 Å². The molecule has 146 valence electrons. The van der Waals surface area contributed by atoms with Crippen LogP contribution in [0.5, 0.6) is 0 Å². The highest BCUT2D eigenvalue weighted by atomic mass is 35.5. The standard InChI is InChI=1S/C21H19ClFN5.2H2/c1-3-13-9-24-21(18-11-26-20-17(18)8-15(22)10-25-20)28-19(13)27-12(2)14-4-6-16(23)7-5-14;;/h4-12H,3H2,1-2H3,(H,25,26)(H,24,27,28);2*1H/t12-;;/m0../s1. The highest BCUT2D eigenvalue weighted by molar-refractivity contribution is 6.31. The summed E-state index contributed by atoms with van der Waals surface area (Å²) in [6, 6.07) is 8.28. The quantitative estimate of drug-likeness (QED) is 0.429. The average molecular weight is 400 g/mol. The van der Waals surface area contributed by atoms with Crippen molar-refractivity contribution in [3.05, 3.63) is 70.9 Å². The van der Waals surface area contributed by atoms with Gasteiger partial charge in [-0.15, -0.1) is 0 Å². The van der Waals surface area contributed by atoms with Gasteiger partial charge in [0.05, 0.1) is 5.02 Å². The Morgan fingerprint density at radius 1 is 1.21 bits per heavy atom. The summed E-state index contributed by atoms with van der Waals surface area (Å²) < 4.78 is 13.2. The number of H-pyrrole nitrogens is 1. The van der Waals surface area contributed by atoms with E-state index in [1.165, 1.54) is 12.1 Å². The van der Waals surface area contributed by atoms with Crippen LogP contribution in [0.1, 0.15) is 33.9 Å². The number of rotatable bonds is 5. The normalized spacial score (nSPS) is 12.3. The van der Waals surface area contributed by atoms with Crippen molar-refractivity contribution >= 4 is 28.5 Å². The molecular formula is C21H23ClFN5. The van der Waals surface area contributed by atoms with Crippen LogP contribution in [0.15, 0.2) is 48.9 Å². The fourth-order valence-corrected chi connectivity index (χ4v) is 3.28. The van der Waals surface area contributed by atoms with Crippen molar-refractivity contribution in [3.8, 4) is 11.4 Å². The highest BCUT2D eigenvalue weighted by Crippen LogP contribution is 2.29. The Labute approximate surface area is 170 Å². The molecule has 1 atom stereocenters. The van der Waals surface area contributed by atoms with Gasteiger partial charge in [0.2, 0.25) is 0 Å². The Hall–Kier alpha value is -2.99. The first kappa shape index (κ1) is 18.4. The van der Waals surface area contributed by atoms with E-state index in [1.807, 2.05) is 25.4 Å². The number of aryl methyl sites for hydroxylation is 1. The molecule has 1 aromatic carbocycles. The summed E-state index contributed by atoms with van der Waals surface area (Å²) in [7, 11) is 0. The summed E-state index contributed by atoms with van der Waals surface area (Å²) >= 11 is 6.11. The number of nitrogens with one attached hydrogen (secondary N) is 2. The number of hydrogen-bond donors (Lipinski definition) is 2. The van der Waals surface area contributed by atoms with Gasteiger partial charge in [0, 0.05) is 44.0 Å². The van der Waals surface area contributed by atoms with Gasteiger partial charge in [0.1, 0.15) is 17.3 Å². The fraction of sp³-hybridized carbons (Fsp3) is 0.190. The Balaban J connectivity index is 0.00000160. The lowest BCUT2D eigenvalue weighted by Crippen LogP contribution is -2.11. The molecule has 3 heterocycles. The maximum atomic E-state index is 13.2. The number of nitrogens with zero attached hydrogens (tertiary/aromatic N) is 3. The van der Waals surface area contributed by atoms with Crippen molar-refractivity contribution in [2.45, 2.75) is 26.3 Å². The first-order valence-corrected chi connectivity index (χ1v) is 9.44. The van der Waals surface area contributed by atoms with E-state index < -0.39 is 0 Å². The summed E-state index contributed by atoms with van der Waals surface area (Å²) in [6.45, 7) is 4.07. The molecule has 4 aromatic rings. The van der Waals surface area contributed by atoms with Gasteiger partial charge in [-0.3, -0.25) is 0 Å². The molecule has 0 aliphatic carbocycles. The molecule has 0 aliphatic heterocycles. The van der Waals surface area contributed by atoms with Crippen molar-refractivity contribution in [3.63, 3.8) is 0 Å². The van der Waals surface area contributed by atoms with E-state index in [4.69, 9.17) is 16.6 Å². The van der Waals surface area contributed by atoms with Gasteiger partial charge in [-0.25, -0.2) is 19.3 Å². The van der Waals surface area contributed by atoms with E-state index in [-0.39, 0.29) is 14.7 Å². The zero-order chi connectivity index (χ0) is 19.7. The lowest BCUT2D eigenvalue weighted by Gasteiger charge is -2.17. The Morgan fingerprint density at radius 3 is 2.75 bits per heavy atom. The predicted octanol–water partition coefficient (Wildman–Crippen LogP) is 6.04. The highest BCUT2D eigenvalue weighted by Gasteiger charge is 2.15. The third-order valence-corrected chi connectivity index (χ3v) is 4.91. The smallest absolute Gasteiger partial charge is 0.163 e. The van der Waals surface area contributed by atoms with Gasteiger partial charge in [-0.2, -0.15) is 0 Å². The Bertz CT molecular complexity index is 1130. The number of aromatic nitrogens is 4. The summed E-state index contributed by atoms with van der Waals surface area (Å²) in [5.74, 6) is 1.09. The second-order valence-corrected chi connectivity index (χ2v) is 7.03. The molecule has 0 fully saturated rings. The molecule has 0 saturated heterocycles. The van der Waals surface area contributed by atoms with Crippen LogP contribution >= 0.6 is 11.6 Å². The van der Waals surface area contributed by atoms with Crippen molar-refractivity contribution < 1.29 is 7.24 Å². The number of fused-ring (bicyclic) bond motifs is 1. The zero-order valence-corrected chi connectivity index (χ0v) is 16.3. The molecule has 28 heavy (non-hydrogen) atoms. The molecular weight excluding hydrogens is 377 g/mol. The summed E-state index contributed by atoms with van der Waals surface area (Å²) in [6.07, 6.45) is 6.06. The molecule has 3 aromatic heterocycles. The van der Waals surface area contributed by atoms with Crippen molar-refractivity contribution in [1.82, 2.24) is 19.9 Å². The molecule has 0 saturated carbocycles. The van der Waals surface area contributed by atoms with Crippen LogP contribution < -0.4 is 5.32 Å². The molecule has 5 nitrogen and oxygen atoms in total.